The molecule has 0 aliphatic rings. The number of carbonyl (C=O) groups is 4. The minimum absolute atomic E-state index is 0.174. The van der Waals surface area contributed by atoms with Crippen molar-refractivity contribution < 1.29 is 28.7 Å². The van der Waals surface area contributed by atoms with Crippen LogP contribution >= 0.6 is 0 Å². The molecule has 0 unspecified atom stereocenters. The standard InChI is InChI=1S/C14H22N2O6/c1-5-21-12(19)7-6-11(18)16-9(8-10(15)17)13(20)22-14(2,3)4/h6-7,9H,5,8H2,1-4H3,(H2,15,17)(H,16,18)/b7-6+/t9-/m0/s1. The molecular weight excluding hydrogens is 292 g/mol. The van der Waals surface area contributed by atoms with Gasteiger partial charge in [-0.1, -0.05) is 0 Å². The summed E-state index contributed by atoms with van der Waals surface area (Å²) in [6.45, 7) is 6.74. The Hall–Kier alpha value is -2.38. The van der Waals surface area contributed by atoms with Crippen LogP contribution in [0.15, 0.2) is 12.2 Å². The van der Waals surface area contributed by atoms with Crippen LogP contribution in [0.3, 0.4) is 0 Å². The average Bonchev–Trinajstić information content (AvgIpc) is 2.33. The number of amides is 2. The van der Waals surface area contributed by atoms with Gasteiger partial charge in [0, 0.05) is 12.2 Å². The van der Waals surface area contributed by atoms with E-state index in [0.717, 1.165) is 12.2 Å². The molecule has 1 atom stereocenters. The van der Waals surface area contributed by atoms with E-state index in [1.807, 2.05) is 0 Å². The van der Waals surface area contributed by atoms with E-state index in [-0.39, 0.29) is 6.61 Å². The van der Waals surface area contributed by atoms with E-state index in [1.54, 1.807) is 27.7 Å². The lowest BCUT2D eigenvalue weighted by Crippen LogP contribution is -2.45. The molecule has 0 aromatic carbocycles. The van der Waals surface area contributed by atoms with Gasteiger partial charge in [0.25, 0.3) is 0 Å². The molecule has 0 saturated heterocycles. The smallest absolute Gasteiger partial charge is 0.330 e. The number of nitrogens with one attached hydrogen (secondary N) is 1. The summed E-state index contributed by atoms with van der Waals surface area (Å²) in [5.74, 6) is -3.00. The number of primary amides is 1. The minimum atomic E-state index is -1.23. The van der Waals surface area contributed by atoms with Crippen LogP contribution in [0, 0.1) is 0 Å². The third-order valence-corrected chi connectivity index (χ3v) is 2.07. The first-order valence-electron chi connectivity index (χ1n) is 6.71. The van der Waals surface area contributed by atoms with Gasteiger partial charge in [-0.25, -0.2) is 9.59 Å². The topological polar surface area (TPSA) is 125 Å². The highest BCUT2D eigenvalue weighted by Crippen LogP contribution is 2.09. The predicted molar refractivity (Wildman–Crippen MR) is 77.4 cm³/mol. The van der Waals surface area contributed by atoms with Gasteiger partial charge in [0.05, 0.1) is 13.0 Å². The molecule has 22 heavy (non-hydrogen) atoms. The van der Waals surface area contributed by atoms with Crippen LogP contribution in [-0.4, -0.2) is 42.0 Å². The monoisotopic (exact) mass is 314 g/mol. The highest BCUT2D eigenvalue weighted by molar-refractivity contribution is 5.97. The van der Waals surface area contributed by atoms with E-state index in [4.69, 9.17) is 10.5 Å². The highest BCUT2D eigenvalue weighted by atomic mass is 16.6. The van der Waals surface area contributed by atoms with Gasteiger partial charge in [-0.05, 0) is 27.7 Å². The Morgan fingerprint density at radius 2 is 1.77 bits per heavy atom. The van der Waals surface area contributed by atoms with Crippen molar-refractivity contribution in [3.8, 4) is 0 Å². The molecule has 0 spiro atoms. The first-order chi connectivity index (χ1) is 10.0. The van der Waals surface area contributed by atoms with E-state index in [0.29, 0.717) is 0 Å². The Labute approximate surface area is 129 Å². The number of ether oxygens (including phenoxy) is 2. The summed E-state index contributed by atoms with van der Waals surface area (Å²) < 4.78 is 9.69. The maximum absolute atomic E-state index is 11.9. The molecule has 8 nitrogen and oxygen atoms in total. The summed E-state index contributed by atoms with van der Waals surface area (Å²) >= 11 is 0. The SMILES string of the molecule is CCOC(=O)/C=C/C(=O)N[C@@H](CC(N)=O)C(=O)OC(C)(C)C. The van der Waals surface area contributed by atoms with Crippen LogP contribution in [0.2, 0.25) is 0 Å². The fraction of sp³-hybridized carbons (Fsp3) is 0.571. The minimum Gasteiger partial charge on any atom is -0.463 e. The summed E-state index contributed by atoms with van der Waals surface area (Å²) in [6, 6.07) is -1.23. The van der Waals surface area contributed by atoms with Gasteiger partial charge in [-0.3, -0.25) is 9.59 Å². The molecule has 0 saturated carbocycles. The van der Waals surface area contributed by atoms with E-state index >= 15 is 0 Å². The van der Waals surface area contributed by atoms with E-state index in [2.05, 4.69) is 10.1 Å². The Morgan fingerprint density at radius 1 is 1.18 bits per heavy atom. The van der Waals surface area contributed by atoms with Gasteiger partial charge in [-0.2, -0.15) is 0 Å². The molecule has 0 aliphatic carbocycles. The zero-order valence-corrected chi connectivity index (χ0v) is 13.2. The van der Waals surface area contributed by atoms with Crippen LogP contribution in [0.1, 0.15) is 34.1 Å². The Kier molecular flexibility index (Phi) is 7.85. The Balaban J connectivity index is 4.78. The summed E-state index contributed by atoms with van der Waals surface area (Å²) in [7, 11) is 0. The zero-order chi connectivity index (χ0) is 17.3. The van der Waals surface area contributed by atoms with Gasteiger partial charge in [-0.15, -0.1) is 0 Å². The van der Waals surface area contributed by atoms with Gasteiger partial charge in [0.2, 0.25) is 11.8 Å². The lowest BCUT2D eigenvalue weighted by molar-refractivity contribution is -0.159. The van der Waals surface area contributed by atoms with Crippen molar-refractivity contribution in [2.75, 3.05) is 6.61 Å². The molecular formula is C14H22N2O6. The van der Waals surface area contributed by atoms with Crippen molar-refractivity contribution >= 4 is 23.8 Å². The van der Waals surface area contributed by atoms with E-state index < -0.39 is 41.8 Å². The number of hydrogen-bond acceptors (Lipinski definition) is 6. The number of nitrogens with two attached hydrogens (primary N) is 1. The first kappa shape index (κ1) is 19.6. The number of carbonyl (C=O) groups excluding carboxylic acids is 4. The molecule has 0 rings (SSSR count). The van der Waals surface area contributed by atoms with Crippen LogP contribution in [0.5, 0.6) is 0 Å². The molecule has 0 aromatic rings. The maximum Gasteiger partial charge on any atom is 0.330 e. The third-order valence-electron chi connectivity index (χ3n) is 2.07. The average molecular weight is 314 g/mol. The normalized spacial score (nSPS) is 12.5. The summed E-state index contributed by atoms with van der Waals surface area (Å²) in [6.07, 6.45) is 1.40. The number of rotatable bonds is 7. The molecule has 3 N–H and O–H groups in total. The van der Waals surface area contributed by atoms with Crippen molar-refractivity contribution in [1.82, 2.24) is 5.32 Å². The largest absolute Gasteiger partial charge is 0.463 e. The second kappa shape index (κ2) is 8.81. The van der Waals surface area contributed by atoms with Gasteiger partial charge < -0.3 is 20.5 Å². The second-order valence-corrected chi connectivity index (χ2v) is 5.35. The number of esters is 2. The first-order valence-corrected chi connectivity index (χ1v) is 6.71. The van der Waals surface area contributed by atoms with Gasteiger partial charge >= 0.3 is 11.9 Å². The lowest BCUT2D eigenvalue weighted by atomic mass is 10.1. The maximum atomic E-state index is 11.9. The summed E-state index contributed by atoms with van der Waals surface area (Å²) in [5, 5.41) is 2.26. The van der Waals surface area contributed by atoms with Gasteiger partial charge in [0.1, 0.15) is 11.6 Å². The van der Waals surface area contributed by atoms with Crippen molar-refractivity contribution in [2.45, 2.75) is 45.8 Å². The molecule has 0 fully saturated rings. The van der Waals surface area contributed by atoms with Crippen molar-refractivity contribution in [3.63, 3.8) is 0 Å². The van der Waals surface area contributed by atoms with Crippen LogP contribution in [0.4, 0.5) is 0 Å². The van der Waals surface area contributed by atoms with E-state index in [9.17, 15) is 19.2 Å². The molecule has 0 heterocycles. The molecule has 2 amide bonds. The van der Waals surface area contributed by atoms with Crippen molar-refractivity contribution in [2.24, 2.45) is 5.73 Å². The van der Waals surface area contributed by atoms with Gasteiger partial charge in [0.15, 0.2) is 0 Å². The Bertz CT molecular complexity index is 464. The molecule has 0 bridgehead atoms. The molecule has 0 aliphatic heterocycles. The number of hydrogen-bond donors (Lipinski definition) is 2. The third kappa shape index (κ3) is 9.51. The fourth-order valence-corrected chi connectivity index (χ4v) is 1.32. The fourth-order valence-electron chi connectivity index (χ4n) is 1.32. The zero-order valence-electron chi connectivity index (χ0n) is 13.2. The van der Waals surface area contributed by atoms with Crippen LogP contribution < -0.4 is 11.1 Å². The molecule has 8 heteroatoms. The molecule has 124 valence electrons. The molecule has 0 radical (unpaired) electrons. The van der Waals surface area contributed by atoms with Crippen molar-refractivity contribution in [1.29, 1.82) is 0 Å². The summed E-state index contributed by atoms with van der Waals surface area (Å²) in [4.78, 5) is 45.6. The quantitative estimate of drug-likeness (QED) is 0.495. The highest BCUT2D eigenvalue weighted by Gasteiger charge is 2.27. The van der Waals surface area contributed by atoms with Crippen molar-refractivity contribution in [3.05, 3.63) is 12.2 Å². The van der Waals surface area contributed by atoms with E-state index in [1.165, 1.54) is 0 Å². The predicted octanol–water partition coefficient (Wildman–Crippen LogP) is -0.192. The van der Waals surface area contributed by atoms with Crippen LogP contribution in [0.25, 0.3) is 0 Å². The lowest BCUT2D eigenvalue weighted by Gasteiger charge is -2.23. The Morgan fingerprint density at radius 3 is 2.23 bits per heavy atom. The molecule has 0 aromatic heterocycles. The summed E-state index contributed by atoms with van der Waals surface area (Å²) in [5.41, 5.74) is 4.26. The second-order valence-electron chi connectivity index (χ2n) is 5.35. The van der Waals surface area contributed by atoms with Crippen LogP contribution in [-0.2, 0) is 28.7 Å².